The molecular formula is C20H25N5O2S. The number of fused-ring (bicyclic) bond motifs is 1. The number of nitrogens with zero attached hydrogens (tertiary/aromatic N) is 4. The molecule has 1 N–H and O–H groups in total. The molecule has 1 aliphatic rings. The van der Waals surface area contributed by atoms with Gasteiger partial charge < -0.3 is 9.64 Å². The first kappa shape index (κ1) is 18.9. The van der Waals surface area contributed by atoms with Crippen LogP contribution >= 0.6 is 11.3 Å². The van der Waals surface area contributed by atoms with Gasteiger partial charge in [0.15, 0.2) is 5.13 Å². The fourth-order valence-electron chi connectivity index (χ4n) is 3.41. The lowest BCUT2D eigenvalue weighted by atomic mass is 10.1. The summed E-state index contributed by atoms with van der Waals surface area (Å²) in [6.45, 7) is 6.68. The summed E-state index contributed by atoms with van der Waals surface area (Å²) in [5.41, 5.74) is 1.40. The van der Waals surface area contributed by atoms with Crippen LogP contribution < -0.4 is 10.1 Å². The highest BCUT2D eigenvalue weighted by Crippen LogP contribution is 2.29. The molecule has 0 radical (unpaired) electrons. The molecule has 0 unspecified atom stereocenters. The van der Waals surface area contributed by atoms with E-state index in [2.05, 4.69) is 20.3 Å². The van der Waals surface area contributed by atoms with Gasteiger partial charge in [-0.15, -0.1) is 0 Å². The van der Waals surface area contributed by atoms with Crippen LogP contribution in [0.5, 0.6) is 5.75 Å². The smallest absolute Gasteiger partial charge is 0.260 e. The number of aromatic nitrogens is 3. The number of ether oxygens (including phenoxy) is 1. The molecule has 1 aliphatic heterocycles. The van der Waals surface area contributed by atoms with Gasteiger partial charge in [-0.2, -0.15) is 5.10 Å². The molecule has 0 aliphatic carbocycles. The highest BCUT2D eigenvalue weighted by Gasteiger charge is 2.14. The Bertz CT molecular complexity index is 945. The van der Waals surface area contributed by atoms with E-state index in [0.717, 1.165) is 42.1 Å². The van der Waals surface area contributed by atoms with E-state index >= 15 is 0 Å². The molecule has 4 rings (SSSR count). The number of nitrogens with one attached hydrogen (secondary N) is 1. The molecular weight excluding hydrogens is 374 g/mol. The van der Waals surface area contributed by atoms with Gasteiger partial charge in [-0.25, -0.2) is 4.98 Å². The summed E-state index contributed by atoms with van der Waals surface area (Å²) < 4.78 is 8.35. The van der Waals surface area contributed by atoms with Gasteiger partial charge in [0, 0.05) is 12.7 Å². The predicted octanol–water partition coefficient (Wildman–Crippen LogP) is 3.63. The molecule has 3 aromatic rings. The Balaban J connectivity index is 1.37. The van der Waals surface area contributed by atoms with Crippen molar-refractivity contribution in [3.63, 3.8) is 0 Å². The summed E-state index contributed by atoms with van der Waals surface area (Å²) in [5, 5.41) is 7.79. The summed E-state index contributed by atoms with van der Waals surface area (Å²) in [6.07, 6.45) is 7.31. The average molecular weight is 400 g/mol. The molecule has 0 spiro atoms. The van der Waals surface area contributed by atoms with E-state index in [4.69, 9.17) is 4.74 Å². The Labute approximate surface area is 168 Å². The fraction of sp³-hybridized carbons (Fsp3) is 0.450. The number of hydrogen-bond acceptors (Lipinski definition) is 6. The second-order valence-electron chi connectivity index (χ2n) is 6.93. The number of amides is 1. The van der Waals surface area contributed by atoms with Gasteiger partial charge in [-0.05, 0) is 51.1 Å². The lowest BCUT2D eigenvalue weighted by Crippen LogP contribution is -2.32. The minimum absolute atomic E-state index is 0.187. The normalized spacial score (nSPS) is 15.0. The first-order chi connectivity index (χ1) is 13.7. The maximum atomic E-state index is 12.5. The van der Waals surface area contributed by atoms with Crippen molar-refractivity contribution in [1.29, 1.82) is 0 Å². The first-order valence-electron chi connectivity index (χ1n) is 9.81. The molecule has 1 aromatic carbocycles. The summed E-state index contributed by atoms with van der Waals surface area (Å²) in [5.74, 6) is 0.625. The summed E-state index contributed by atoms with van der Waals surface area (Å²) in [4.78, 5) is 19.5. The van der Waals surface area contributed by atoms with Crippen molar-refractivity contribution in [3.05, 3.63) is 36.2 Å². The topological polar surface area (TPSA) is 72.3 Å². The van der Waals surface area contributed by atoms with E-state index in [1.165, 1.54) is 30.6 Å². The first-order valence-corrected chi connectivity index (χ1v) is 10.6. The number of hydrogen-bond donors (Lipinski definition) is 1. The van der Waals surface area contributed by atoms with E-state index < -0.39 is 0 Å². The summed E-state index contributed by atoms with van der Waals surface area (Å²) in [6, 6.07) is 5.75. The third kappa shape index (κ3) is 4.51. The van der Waals surface area contributed by atoms with Crippen LogP contribution in [0.15, 0.2) is 30.6 Å². The Hall–Kier alpha value is -2.45. The molecule has 2 aromatic heterocycles. The number of rotatable bonds is 7. The van der Waals surface area contributed by atoms with Gasteiger partial charge in [-0.1, -0.05) is 17.8 Å². The predicted molar refractivity (Wildman–Crippen MR) is 111 cm³/mol. The van der Waals surface area contributed by atoms with E-state index in [-0.39, 0.29) is 5.91 Å². The van der Waals surface area contributed by atoms with Gasteiger partial charge in [0.25, 0.3) is 5.91 Å². The number of carbonyl (C=O) groups is 1. The largest absolute Gasteiger partial charge is 0.494 e. The van der Waals surface area contributed by atoms with Crippen molar-refractivity contribution in [3.8, 4) is 5.75 Å². The van der Waals surface area contributed by atoms with Gasteiger partial charge in [0.05, 0.1) is 35.1 Å². The van der Waals surface area contributed by atoms with Crippen LogP contribution in [-0.4, -0.2) is 51.8 Å². The lowest BCUT2D eigenvalue weighted by molar-refractivity contribution is 0.102. The zero-order chi connectivity index (χ0) is 19.3. The fourth-order valence-corrected chi connectivity index (χ4v) is 4.30. The van der Waals surface area contributed by atoms with Crippen LogP contribution in [-0.2, 0) is 6.54 Å². The Kier molecular flexibility index (Phi) is 5.87. The standard InChI is InChI=1S/C20H25N5O2S/c1-2-27-16-6-7-17-18(12-16)28-20(22-17)23-19(26)15-13-21-25(14-15)11-10-24-8-4-3-5-9-24/h6-7,12-14H,2-5,8-11H2,1H3,(H,22,23,26). The molecule has 148 valence electrons. The van der Waals surface area contributed by atoms with Crippen LogP contribution in [0.25, 0.3) is 10.2 Å². The van der Waals surface area contributed by atoms with Gasteiger partial charge in [0.1, 0.15) is 5.75 Å². The van der Waals surface area contributed by atoms with Crippen molar-refractivity contribution < 1.29 is 9.53 Å². The lowest BCUT2D eigenvalue weighted by Gasteiger charge is -2.26. The van der Waals surface area contributed by atoms with Crippen molar-refractivity contribution in [2.24, 2.45) is 0 Å². The average Bonchev–Trinajstić information content (AvgIpc) is 3.33. The van der Waals surface area contributed by atoms with Crippen LogP contribution in [0.4, 0.5) is 5.13 Å². The van der Waals surface area contributed by atoms with Gasteiger partial charge >= 0.3 is 0 Å². The summed E-state index contributed by atoms with van der Waals surface area (Å²) >= 11 is 1.44. The van der Waals surface area contributed by atoms with Gasteiger partial charge in [-0.3, -0.25) is 14.8 Å². The minimum atomic E-state index is -0.187. The second-order valence-corrected chi connectivity index (χ2v) is 7.96. The molecule has 1 amide bonds. The molecule has 28 heavy (non-hydrogen) atoms. The van der Waals surface area contributed by atoms with Crippen molar-refractivity contribution >= 4 is 32.6 Å². The molecule has 8 heteroatoms. The molecule has 0 saturated carbocycles. The molecule has 1 saturated heterocycles. The third-order valence-corrected chi connectivity index (χ3v) is 5.81. The van der Waals surface area contributed by atoms with Crippen LogP contribution in [0.2, 0.25) is 0 Å². The molecule has 3 heterocycles. The maximum Gasteiger partial charge on any atom is 0.260 e. The quantitative estimate of drug-likeness (QED) is 0.657. The monoisotopic (exact) mass is 399 g/mol. The zero-order valence-electron chi connectivity index (χ0n) is 16.1. The molecule has 1 fully saturated rings. The van der Waals surface area contributed by atoms with Crippen LogP contribution in [0.1, 0.15) is 36.5 Å². The Morgan fingerprint density at radius 2 is 2.11 bits per heavy atom. The summed E-state index contributed by atoms with van der Waals surface area (Å²) in [7, 11) is 0. The highest BCUT2D eigenvalue weighted by atomic mass is 32.1. The zero-order valence-corrected chi connectivity index (χ0v) is 16.9. The third-order valence-electron chi connectivity index (χ3n) is 4.88. The van der Waals surface area contributed by atoms with E-state index in [1.807, 2.05) is 29.8 Å². The van der Waals surface area contributed by atoms with Crippen molar-refractivity contribution in [1.82, 2.24) is 19.7 Å². The second kappa shape index (κ2) is 8.70. The molecule has 0 atom stereocenters. The minimum Gasteiger partial charge on any atom is -0.494 e. The highest BCUT2D eigenvalue weighted by molar-refractivity contribution is 7.22. The molecule has 7 nitrogen and oxygen atoms in total. The van der Waals surface area contributed by atoms with Crippen molar-refractivity contribution in [2.45, 2.75) is 32.7 Å². The Morgan fingerprint density at radius 3 is 2.93 bits per heavy atom. The SMILES string of the molecule is CCOc1ccc2nc(NC(=O)c3cnn(CCN4CCCCC4)c3)sc2c1. The number of piperidine rings is 1. The van der Waals surface area contributed by atoms with Crippen molar-refractivity contribution in [2.75, 3.05) is 31.6 Å². The Morgan fingerprint density at radius 1 is 1.25 bits per heavy atom. The number of thiazole rings is 1. The van der Waals surface area contributed by atoms with E-state index in [0.29, 0.717) is 17.3 Å². The van der Waals surface area contributed by atoms with Crippen LogP contribution in [0, 0.1) is 0 Å². The number of likely N-dealkylation sites (tertiary alicyclic amines) is 1. The number of anilines is 1. The van der Waals surface area contributed by atoms with E-state index in [1.54, 1.807) is 12.4 Å². The maximum absolute atomic E-state index is 12.5. The van der Waals surface area contributed by atoms with E-state index in [9.17, 15) is 4.79 Å². The molecule has 0 bridgehead atoms. The van der Waals surface area contributed by atoms with Gasteiger partial charge in [0.2, 0.25) is 0 Å². The number of benzene rings is 1. The van der Waals surface area contributed by atoms with Crippen LogP contribution in [0.3, 0.4) is 0 Å². The number of carbonyl (C=O) groups excluding carboxylic acids is 1.